The highest BCUT2D eigenvalue weighted by molar-refractivity contribution is 7.45. The zero-order chi connectivity index (χ0) is 52.6. The first-order chi connectivity index (χ1) is 33.4. The Hall–Kier alpha value is -1.78. The number of likely N-dealkylation sites (N-methyl/N-ethyl adjacent to an activating group) is 1. The maximum atomic E-state index is 13.7. The number of esters is 3. The Balaban J connectivity index is 1.33. The van der Waals surface area contributed by atoms with Crippen molar-refractivity contribution in [3.63, 3.8) is 0 Å². The van der Waals surface area contributed by atoms with Crippen LogP contribution in [0.1, 0.15) is 217 Å². The molecule has 0 aromatic rings. The summed E-state index contributed by atoms with van der Waals surface area (Å²) < 4.78 is 41.2. The number of hydrogen-bond acceptors (Lipinski definition) is 10. The Labute approximate surface area is 434 Å². The van der Waals surface area contributed by atoms with Gasteiger partial charge in [-0.25, -0.2) is 0 Å². The molecule has 0 radical (unpaired) electrons. The summed E-state index contributed by atoms with van der Waals surface area (Å²) in [4.78, 5) is 53.2. The number of carbonyl (C=O) groups excluding carboxylic acids is 3. The average molecular weight is 1020 g/mol. The minimum Gasteiger partial charge on any atom is -0.756 e. The Kier molecular flexibility index (Phi) is 25.2. The number of nitrogens with zero attached hydrogens (tertiary/aromatic N) is 1. The molecule has 4 rings (SSSR count). The summed E-state index contributed by atoms with van der Waals surface area (Å²) in [6.45, 7) is 23.1. The van der Waals surface area contributed by atoms with Crippen LogP contribution >= 0.6 is 7.82 Å². The molecular formula is C59H106NO10P. The molecule has 0 spiro atoms. The molecule has 0 aliphatic heterocycles. The molecule has 4 aliphatic carbocycles. The normalized spacial score (nSPS) is 28.8. The van der Waals surface area contributed by atoms with Crippen LogP contribution in [-0.2, 0) is 42.2 Å². The molecule has 412 valence electrons. The van der Waals surface area contributed by atoms with E-state index in [9.17, 15) is 23.8 Å². The van der Waals surface area contributed by atoms with Crippen LogP contribution in [0.25, 0.3) is 0 Å². The predicted molar refractivity (Wildman–Crippen MR) is 284 cm³/mol. The lowest BCUT2D eigenvalue weighted by molar-refractivity contribution is -0.870. The maximum absolute atomic E-state index is 13.7. The second-order valence-electron chi connectivity index (χ2n) is 25.5. The number of ether oxygens (including phenoxy) is 3. The standard InChI is InChI=1S/C59H106NO10P/c1-14-19-43(6)21-17-18-22-47(25-23-44(7)20-15-2)57(63)66-40-50(41-68-71(64,65)67-38-37-60(11,12)13)70-56(62)32-31-55(61)69-49-33-35-58(9)48(39-49)27-28-51-53-30-29-52(59(53,10)36-34-54(51)58)45(8)24-26-46(16-3)42(4)5/h27,42-47,49-54H,14-26,28-41H2,1-13H3/t43?,44?,45?,46?,47?,49-,50?,51-,52+,53-,54-,58-,59+/m0/s1. The van der Waals surface area contributed by atoms with Gasteiger partial charge in [-0.15, -0.1) is 0 Å². The quantitative estimate of drug-likeness (QED) is 0.0156. The number of rotatable bonds is 33. The number of quaternary nitrogens is 1. The van der Waals surface area contributed by atoms with E-state index in [1.165, 1.54) is 56.9 Å². The summed E-state index contributed by atoms with van der Waals surface area (Å²) in [7, 11) is 0.986. The van der Waals surface area contributed by atoms with Gasteiger partial charge in [0.2, 0.25) is 0 Å². The van der Waals surface area contributed by atoms with E-state index in [0.29, 0.717) is 47.0 Å². The fourth-order valence-corrected chi connectivity index (χ4v) is 14.9. The zero-order valence-electron chi connectivity index (χ0n) is 47.6. The lowest BCUT2D eigenvalue weighted by Crippen LogP contribution is -2.51. The van der Waals surface area contributed by atoms with Gasteiger partial charge in [-0.1, -0.05) is 139 Å². The largest absolute Gasteiger partial charge is 0.756 e. The van der Waals surface area contributed by atoms with Crippen LogP contribution in [0.15, 0.2) is 11.6 Å². The van der Waals surface area contributed by atoms with Gasteiger partial charge < -0.3 is 32.6 Å². The molecule has 3 fully saturated rings. The second kappa shape index (κ2) is 28.9. The third-order valence-corrected chi connectivity index (χ3v) is 19.6. The molecule has 0 N–H and O–H groups in total. The van der Waals surface area contributed by atoms with Crippen molar-refractivity contribution in [1.82, 2.24) is 0 Å². The van der Waals surface area contributed by atoms with Gasteiger partial charge in [0.15, 0.2) is 6.10 Å². The third kappa shape index (κ3) is 19.1. The number of unbranched alkanes of at least 4 members (excludes halogenated alkanes) is 1. The van der Waals surface area contributed by atoms with E-state index < -0.39 is 32.5 Å². The molecule has 0 aromatic carbocycles. The maximum Gasteiger partial charge on any atom is 0.309 e. The molecule has 7 unspecified atom stereocenters. The van der Waals surface area contributed by atoms with Gasteiger partial charge in [0.05, 0.1) is 46.5 Å². The molecule has 3 saturated carbocycles. The molecular weight excluding hydrogens is 914 g/mol. The molecule has 0 heterocycles. The lowest BCUT2D eigenvalue weighted by Gasteiger charge is -2.58. The summed E-state index contributed by atoms with van der Waals surface area (Å²) in [6.07, 6.45) is 23.5. The van der Waals surface area contributed by atoms with E-state index in [-0.39, 0.29) is 49.5 Å². The van der Waals surface area contributed by atoms with Gasteiger partial charge in [0, 0.05) is 6.42 Å². The molecule has 0 saturated heterocycles. The fraction of sp³-hybridized carbons (Fsp3) is 0.915. The summed E-state index contributed by atoms with van der Waals surface area (Å²) in [6, 6.07) is 0. The van der Waals surface area contributed by atoms with Gasteiger partial charge in [-0.2, -0.15) is 0 Å². The van der Waals surface area contributed by atoms with Crippen LogP contribution in [0.4, 0.5) is 0 Å². The van der Waals surface area contributed by atoms with Gasteiger partial charge in [-0.05, 0) is 135 Å². The molecule has 71 heavy (non-hydrogen) atoms. The SMILES string of the molecule is CCCC(C)CCCCC(CCC(C)CCC)C(=O)OCC(COP(=O)([O-])OCC[N+](C)(C)C)OC(=O)CCC(=O)O[C@H]1CC[C@@]2(C)C(=CC[C@H]3[C@@H]4CC[C@H](C(C)CCC(CC)C(C)C)[C@@]4(C)CC[C@@H]32)C1. The number of hydrogen-bond donors (Lipinski definition) is 0. The highest BCUT2D eigenvalue weighted by Gasteiger charge is 2.59. The van der Waals surface area contributed by atoms with Crippen molar-refractivity contribution in [3.05, 3.63) is 11.6 Å². The van der Waals surface area contributed by atoms with E-state index in [1.807, 2.05) is 21.1 Å². The van der Waals surface area contributed by atoms with Crippen molar-refractivity contribution in [3.8, 4) is 0 Å². The van der Waals surface area contributed by atoms with Gasteiger partial charge in [-0.3, -0.25) is 18.9 Å². The number of phosphoric acid groups is 1. The topological polar surface area (TPSA) is 137 Å². The van der Waals surface area contributed by atoms with Gasteiger partial charge in [0.25, 0.3) is 7.82 Å². The zero-order valence-corrected chi connectivity index (χ0v) is 48.5. The Morgan fingerprint density at radius 2 is 1.45 bits per heavy atom. The number of carbonyl (C=O) groups is 3. The van der Waals surface area contributed by atoms with Crippen molar-refractivity contribution in [2.45, 2.75) is 229 Å². The highest BCUT2D eigenvalue weighted by Crippen LogP contribution is 2.67. The molecule has 0 aromatic heterocycles. The van der Waals surface area contributed by atoms with Crippen LogP contribution in [0, 0.1) is 70.0 Å². The molecule has 0 bridgehead atoms. The van der Waals surface area contributed by atoms with Gasteiger partial charge >= 0.3 is 17.9 Å². The highest BCUT2D eigenvalue weighted by atomic mass is 31.2. The minimum absolute atomic E-state index is 0.0853. The van der Waals surface area contributed by atoms with Crippen molar-refractivity contribution >= 4 is 25.7 Å². The molecule has 0 amide bonds. The smallest absolute Gasteiger partial charge is 0.309 e. The molecule has 14 atom stereocenters. The first kappa shape index (κ1) is 61.8. The number of fused-ring (bicyclic) bond motifs is 5. The van der Waals surface area contributed by atoms with Crippen LogP contribution in [0.3, 0.4) is 0 Å². The van der Waals surface area contributed by atoms with E-state index in [4.69, 9.17) is 23.3 Å². The van der Waals surface area contributed by atoms with E-state index in [1.54, 1.807) is 0 Å². The minimum atomic E-state index is -4.77. The van der Waals surface area contributed by atoms with Crippen LogP contribution in [0.2, 0.25) is 0 Å². The summed E-state index contributed by atoms with van der Waals surface area (Å²) >= 11 is 0. The number of allylic oxidation sites excluding steroid dienone is 1. The monoisotopic (exact) mass is 1020 g/mol. The second-order valence-corrected chi connectivity index (χ2v) is 26.9. The van der Waals surface area contributed by atoms with Crippen LogP contribution < -0.4 is 4.89 Å². The van der Waals surface area contributed by atoms with Gasteiger partial charge in [0.1, 0.15) is 25.9 Å². The Bertz CT molecular complexity index is 1710. The van der Waals surface area contributed by atoms with E-state index in [2.05, 4.69) is 75.3 Å². The molecule has 4 aliphatic rings. The summed E-state index contributed by atoms with van der Waals surface area (Å²) in [5.74, 6) is 4.58. The predicted octanol–water partition coefficient (Wildman–Crippen LogP) is 13.8. The van der Waals surface area contributed by atoms with E-state index in [0.717, 1.165) is 106 Å². The van der Waals surface area contributed by atoms with Crippen LogP contribution in [0.5, 0.6) is 0 Å². The summed E-state index contributed by atoms with van der Waals surface area (Å²) in [5, 5.41) is 0. The Morgan fingerprint density at radius 3 is 2.11 bits per heavy atom. The Morgan fingerprint density at radius 1 is 0.775 bits per heavy atom. The van der Waals surface area contributed by atoms with Crippen LogP contribution in [-0.4, -0.2) is 82.1 Å². The van der Waals surface area contributed by atoms with Crippen molar-refractivity contribution < 1.29 is 51.6 Å². The molecule has 11 nitrogen and oxygen atoms in total. The van der Waals surface area contributed by atoms with Crippen molar-refractivity contribution in [2.75, 3.05) is 47.5 Å². The lowest BCUT2D eigenvalue weighted by atomic mass is 9.47. The van der Waals surface area contributed by atoms with Crippen molar-refractivity contribution in [1.29, 1.82) is 0 Å². The average Bonchev–Trinajstić information content (AvgIpc) is 3.66. The van der Waals surface area contributed by atoms with E-state index >= 15 is 0 Å². The fourth-order valence-electron chi connectivity index (χ4n) is 14.2. The van der Waals surface area contributed by atoms with Crippen molar-refractivity contribution in [2.24, 2.45) is 70.0 Å². The molecule has 12 heteroatoms. The third-order valence-electron chi connectivity index (χ3n) is 18.7. The first-order valence-corrected chi connectivity index (χ1v) is 30.6. The first-order valence-electron chi connectivity index (χ1n) is 29.1. The summed E-state index contributed by atoms with van der Waals surface area (Å²) in [5.41, 5.74) is 1.99. The number of phosphoric ester groups is 1.